The summed E-state index contributed by atoms with van der Waals surface area (Å²) in [4.78, 5) is 8.45. The lowest BCUT2D eigenvalue weighted by Crippen LogP contribution is -2.18. The molecule has 0 radical (unpaired) electrons. The fourth-order valence-electron chi connectivity index (χ4n) is 1.61. The van der Waals surface area contributed by atoms with Crippen LogP contribution in [0.1, 0.15) is 26.2 Å². The van der Waals surface area contributed by atoms with Crippen LogP contribution < -0.4 is 0 Å². The van der Waals surface area contributed by atoms with Crippen molar-refractivity contribution in [2.24, 2.45) is 5.92 Å². The first-order valence-corrected chi connectivity index (χ1v) is 5.53. The van der Waals surface area contributed by atoms with Gasteiger partial charge in [-0.1, -0.05) is 18.2 Å². The Balaban J connectivity index is 2.61. The largest absolute Gasteiger partial charge is 0.305 e. The molecule has 1 aliphatic rings. The molecule has 0 bridgehead atoms. The Kier molecular flexibility index (Phi) is 3.82. The van der Waals surface area contributed by atoms with Crippen LogP contribution >= 0.6 is 15.9 Å². The molecule has 15 heavy (non-hydrogen) atoms. The summed E-state index contributed by atoms with van der Waals surface area (Å²) in [6, 6.07) is 0. The average molecular weight is 279 g/mol. The topological polar surface area (TPSA) is 17.1 Å². The van der Waals surface area contributed by atoms with Crippen molar-refractivity contribution in [1.82, 2.24) is 0 Å². The summed E-state index contributed by atoms with van der Waals surface area (Å²) < 4.78 is 25.3. The highest BCUT2D eigenvalue weighted by Gasteiger charge is 2.30. The number of alkyl halides is 3. The van der Waals surface area contributed by atoms with Crippen molar-refractivity contribution >= 4 is 21.7 Å². The predicted octanol–water partition coefficient (Wildman–Crippen LogP) is 3.85. The van der Waals surface area contributed by atoms with Crippen molar-refractivity contribution in [1.29, 1.82) is 0 Å². The summed E-state index contributed by atoms with van der Waals surface area (Å²) in [5.74, 6) is -0.102. The normalized spacial score (nSPS) is 22.5. The second-order valence-corrected chi connectivity index (χ2v) is 5.06. The molecule has 1 unspecified atom stereocenters. The summed E-state index contributed by atoms with van der Waals surface area (Å²) in [6.07, 6.45) is 2.34. The third kappa shape index (κ3) is 3.86. The van der Waals surface area contributed by atoms with Gasteiger partial charge in [-0.15, -0.1) is 0 Å². The Hall–Kier alpha value is -0.510. The van der Waals surface area contributed by atoms with Crippen LogP contribution in [0, 0.1) is 5.92 Å². The van der Waals surface area contributed by atoms with Crippen LogP contribution in [0.5, 0.6) is 0 Å². The fourth-order valence-corrected chi connectivity index (χ4v) is 1.97. The summed E-state index contributed by atoms with van der Waals surface area (Å²) in [6.45, 7) is 5.38. The van der Waals surface area contributed by atoms with Gasteiger partial charge in [0.25, 0.3) is 0 Å². The summed E-state index contributed by atoms with van der Waals surface area (Å²) in [5, 5.41) is 0. The van der Waals surface area contributed by atoms with Gasteiger partial charge in [-0.3, -0.25) is 4.79 Å². The maximum absolute atomic E-state index is 12.7. The Bertz CT molecular complexity index is 315. The molecule has 0 aromatic carbocycles. The molecule has 0 aromatic rings. The second kappa shape index (κ2) is 4.56. The Morgan fingerprint density at radius 1 is 1.73 bits per heavy atom. The minimum Gasteiger partial charge on any atom is -0.295 e. The van der Waals surface area contributed by atoms with Crippen molar-refractivity contribution in [3.05, 3.63) is 23.8 Å². The van der Waals surface area contributed by atoms with Gasteiger partial charge < -0.3 is 0 Å². The number of rotatable bonds is 3. The highest BCUT2D eigenvalue weighted by atomic mass is 79.9. The molecule has 1 rings (SSSR count). The Labute approximate surface area is 96.4 Å². The molecule has 4 heteroatoms. The van der Waals surface area contributed by atoms with Gasteiger partial charge >= 0.3 is 4.83 Å². The van der Waals surface area contributed by atoms with Crippen LogP contribution in [-0.2, 0) is 4.79 Å². The van der Waals surface area contributed by atoms with E-state index >= 15 is 0 Å². The van der Waals surface area contributed by atoms with Gasteiger partial charge in [-0.05, 0) is 40.8 Å². The smallest absolute Gasteiger partial charge is 0.295 e. The predicted molar refractivity (Wildman–Crippen MR) is 59.1 cm³/mol. The molecule has 0 N–H and O–H groups in total. The second-order valence-electron chi connectivity index (χ2n) is 3.90. The minimum atomic E-state index is -2.91. The first kappa shape index (κ1) is 12.6. The molecule has 1 nitrogen and oxygen atoms in total. The van der Waals surface area contributed by atoms with Crippen LogP contribution in [0.3, 0.4) is 0 Å². The van der Waals surface area contributed by atoms with Crippen LogP contribution in [0.15, 0.2) is 23.8 Å². The lowest BCUT2D eigenvalue weighted by Gasteiger charge is -2.23. The molecule has 0 fully saturated rings. The van der Waals surface area contributed by atoms with Gasteiger partial charge in [-0.2, -0.15) is 8.78 Å². The molecular weight excluding hydrogens is 266 g/mol. The number of Topliss-reactive ketones (excluding diaryl/α,β-unsaturated/α-hetero) is 1. The third-order valence-electron chi connectivity index (χ3n) is 2.59. The number of ketones is 1. The monoisotopic (exact) mass is 278 g/mol. The number of hydrogen-bond acceptors (Lipinski definition) is 1. The average Bonchev–Trinajstić information content (AvgIpc) is 2.06. The quantitative estimate of drug-likeness (QED) is 0.566. The highest BCUT2D eigenvalue weighted by Crippen LogP contribution is 2.35. The molecule has 0 amide bonds. The molecule has 0 heterocycles. The lowest BCUT2D eigenvalue weighted by atomic mass is 9.83. The lowest BCUT2D eigenvalue weighted by molar-refractivity contribution is -0.116. The summed E-state index contributed by atoms with van der Waals surface area (Å²) in [7, 11) is 0. The van der Waals surface area contributed by atoms with Gasteiger partial charge in [0.2, 0.25) is 0 Å². The molecule has 1 aliphatic carbocycles. The molecule has 0 saturated carbocycles. The number of halogens is 3. The number of carbonyl (C=O) groups excluding carboxylic acids is 1. The number of hydrogen-bond donors (Lipinski definition) is 0. The van der Waals surface area contributed by atoms with Gasteiger partial charge in [0.1, 0.15) is 0 Å². The number of carbonyl (C=O) groups is 1. The first-order valence-electron chi connectivity index (χ1n) is 4.74. The molecule has 0 aliphatic heterocycles. The van der Waals surface area contributed by atoms with Crippen molar-refractivity contribution in [3.63, 3.8) is 0 Å². The van der Waals surface area contributed by atoms with E-state index in [1.165, 1.54) is 0 Å². The van der Waals surface area contributed by atoms with Gasteiger partial charge in [-0.25, -0.2) is 0 Å². The van der Waals surface area contributed by atoms with E-state index in [2.05, 4.69) is 22.5 Å². The van der Waals surface area contributed by atoms with E-state index in [1.807, 2.05) is 0 Å². The molecule has 0 spiro atoms. The standard InChI is InChI=1S/C11H13BrF2O/c1-7-3-4-9(5-10(7)15)8(2)6-11(12,13)14/h3,9H,2,4-6H2,1H3. The number of allylic oxidation sites excluding steroid dienone is 3. The van der Waals surface area contributed by atoms with E-state index < -0.39 is 11.3 Å². The van der Waals surface area contributed by atoms with Crippen molar-refractivity contribution in [2.75, 3.05) is 0 Å². The van der Waals surface area contributed by atoms with Crippen LogP contribution in [0.2, 0.25) is 0 Å². The van der Waals surface area contributed by atoms with E-state index in [1.54, 1.807) is 13.0 Å². The third-order valence-corrected chi connectivity index (χ3v) is 2.87. The van der Waals surface area contributed by atoms with Gasteiger partial charge in [0, 0.05) is 12.8 Å². The maximum atomic E-state index is 12.7. The molecular formula is C11H13BrF2O. The SMILES string of the molecule is C=C(CC(F)(F)Br)C1CC=C(C)C(=O)C1. The van der Waals surface area contributed by atoms with E-state index in [0.717, 1.165) is 5.57 Å². The van der Waals surface area contributed by atoms with Crippen molar-refractivity contribution in [2.45, 2.75) is 31.0 Å². The van der Waals surface area contributed by atoms with E-state index in [0.29, 0.717) is 18.4 Å². The molecule has 1 atom stereocenters. The van der Waals surface area contributed by atoms with Crippen LogP contribution in [0.25, 0.3) is 0 Å². The summed E-state index contributed by atoms with van der Waals surface area (Å²) in [5.41, 5.74) is 1.17. The zero-order chi connectivity index (χ0) is 11.6. The highest BCUT2D eigenvalue weighted by molar-refractivity contribution is 9.10. The van der Waals surface area contributed by atoms with E-state index in [9.17, 15) is 13.6 Å². The van der Waals surface area contributed by atoms with Crippen molar-refractivity contribution in [3.8, 4) is 0 Å². The molecule has 84 valence electrons. The zero-order valence-electron chi connectivity index (χ0n) is 8.53. The van der Waals surface area contributed by atoms with Gasteiger partial charge in [0.15, 0.2) is 5.78 Å². The first-order chi connectivity index (χ1) is 6.79. The van der Waals surface area contributed by atoms with E-state index in [4.69, 9.17) is 0 Å². The minimum absolute atomic E-state index is 0.0327. The fraction of sp³-hybridized carbons (Fsp3) is 0.545. The zero-order valence-corrected chi connectivity index (χ0v) is 10.1. The van der Waals surface area contributed by atoms with Crippen molar-refractivity contribution < 1.29 is 13.6 Å². The van der Waals surface area contributed by atoms with Gasteiger partial charge in [0.05, 0.1) is 0 Å². The maximum Gasteiger partial charge on any atom is 0.305 e. The molecule has 0 saturated heterocycles. The van der Waals surface area contributed by atoms with Crippen LogP contribution in [0.4, 0.5) is 8.78 Å². The van der Waals surface area contributed by atoms with Crippen LogP contribution in [-0.4, -0.2) is 10.6 Å². The van der Waals surface area contributed by atoms with E-state index in [-0.39, 0.29) is 11.7 Å². The Morgan fingerprint density at radius 2 is 2.33 bits per heavy atom. The Morgan fingerprint density at radius 3 is 2.80 bits per heavy atom. The summed E-state index contributed by atoms with van der Waals surface area (Å²) >= 11 is 2.28. The molecule has 0 aromatic heterocycles.